The van der Waals surface area contributed by atoms with Crippen LogP contribution in [0.25, 0.3) is 11.3 Å². The molecule has 0 unspecified atom stereocenters. The first-order valence-corrected chi connectivity index (χ1v) is 7.93. The second-order valence-corrected chi connectivity index (χ2v) is 6.29. The summed E-state index contributed by atoms with van der Waals surface area (Å²) in [6, 6.07) is 2.08. The number of benzene rings is 1. The Balaban J connectivity index is 2.50. The molecule has 0 radical (unpaired) electrons. The molecule has 0 N–H and O–H groups in total. The normalized spacial score (nSPS) is 12.5. The Morgan fingerprint density at radius 3 is 2.25 bits per heavy atom. The van der Waals surface area contributed by atoms with Gasteiger partial charge in [0.1, 0.15) is 17.1 Å². The number of hydrogen-bond acceptors (Lipinski definition) is 3. The topological polar surface area (TPSA) is 44.1 Å². The molecule has 0 aliphatic heterocycles. The lowest BCUT2D eigenvalue weighted by molar-refractivity contribution is -0.148. The Morgan fingerprint density at radius 2 is 1.71 bits per heavy atom. The summed E-state index contributed by atoms with van der Waals surface area (Å²) in [6.45, 7) is -1.73. The third kappa shape index (κ3) is 4.69. The number of nitrogens with zero attached hydrogens (tertiary/aromatic N) is 2. The fourth-order valence-corrected chi connectivity index (χ4v) is 2.58. The number of aromatic nitrogens is 2. The molecule has 2 aromatic rings. The van der Waals surface area contributed by atoms with Crippen LogP contribution in [0.2, 0.25) is 10.0 Å². The second kappa shape index (κ2) is 7.78. The number of rotatable bonds is 5. The minimum absolute atomic E-state index is 0.248. The molecule has 28 heavy (non-hydrogen) atoms. The number of hydrogen-bond donors (Lipinski definition) is 0. The van der Waals surface area contributed by atoms with Crippen molar-refractivity contribution in [3.63, 3.8) is 0 Å². The van der Waals surface area contributed by atoms with E-state index in [0.717, 1.165) is 19.2 Å². The summed E-state index contributed by atoms with van der Waals surface area (Å²) in [7, 11) is 0.927. The maximum atomic E-state index is 13.0. The zero-order valence-corrected chi connectivity index (χ0v) is 15.1. The van der Waals surface area contributed by atoms with Crippen LogP contribution in [0.1, 0.15) is 5.69 Å². The quantitative estimate of drug-likeness (QED) is 0.596. The van der Waals surface area contributed by atoms with Crippen LogP contribution in [0.15, 0.2) is 23.0 Å². The van der Waals surface area contributed by atoms with Crippen molar-refractivity contribution in [3.05, 3.63) is 44.2 Å². The third-order valence-corrected chi connectivity index (χ3v) is 4.01. The zero-order chi connectivity index (χ0) is 21.4. The first kappa shape index (κ1) is 22.3. The van der Waals surface area contributed by atoms with Crippen LogP contribution in [0.3, 0.4) is 0 Å². The van der Waals surface area contributed by atoms with Crippen molar-refractivity contribution in [3.8, 4) is 17.0 Å². The molecule has 1 aromatic heterocycles. The largest absolute Gasteiger partial charge is 0.485 e. The lowest BCUT2D eigenvalue weighted by atomic mass is 10.1. The molecule has 1 aromatic carbocycles. The van der Waals surface area contributed by atoms with E-state index in [2.05, 4.69) is 9.84 Å². The predicted molar refractivity (Wildman–Crippen MR) is 86.4 cm³/mol. The molecule has 0 spiro atoms. The smallest absolute Gasteiger partial charge is 0.433 e. The van der Waals surface area contributed by atoms with Gasteiger partial charge in [0.25, 0.3) is 0 Å². The van der Waals surface area contributed by atoms with E-state index < -0.39 is 47.7 Å². The highest BCUT2D eigenvalue weighted by Gasteiger charge is 2.42. The van der Waals surface area contributed by atoms with Gasteiger partial charge in [0.2, 0.25) is 5.43 Å². The van der Waals surface area contributed by atoms with Crippen LogP contribution in [0.5, 0.6) is 5.75 Å². The summed E-state index contributed by atoms with van der Waals surface area (Å²) in [5.41, 5.74) is -3.34. The van der Waals surface area contributed by atoms with Crippen LogP contribution in [-0.2, 0) is 13.2 Å². The van der Waals surface area contributed by atoms with Gasteiger partial charge in [-0.15, -0.1) is 0 Å². The van der Waals surface area contributed by atoms with Gasteiger partial charge in [-0.25, -0.2) is 8.78 Å². The van der Waals surface area contributed by atoms with Crippen molar-refractivity contribution in [1.29, 1.82) is 0 Å². The van der Waals surface area contributed by atoms with E-state index in [4.69, 9.17) is 23.2 Å². The van der Waals surface area contributed by atoms with Gasteiger partial charge in [-0.3, -0.25) is 9.48 Å². The van der Waals surface area contributed by atoms with Gasteiger partial charge < -0.3 is 4.74 Å². The van der Waals surface area contributed by atoms with E-state index in [1.165, 1.54) is 0 Å². The van der Waals surface area contributed by atoms with Gasteiger partial charge >= 0.3 is 18.5 Å². The van der Waals surface area contributed by atoms with Crippen LogP contribution >= 0.6 is 23.2 Å². The molecule has 13 heteroatoms. The van der Waals surface area contributed by atoms with Crippen molar-refractivity contribution >= 4 is 23.2 Å². The average Bonchev–Trinajstić information content (AvgIpc) is 2.55. The Hall–Kier alpha value is -2.01. The van der Waals surface area contributed by atoms with Crippen molar-refractivity contribution in [2.75, 3.05) is 6.61 Å². The molecular formula is C15H9Cl2F7N2O2. The highest BCUT2D eigenvalue weighted by Crippen LogP contribution is 2.37. The Labute approximate surface area is 162 Å². The number of aryl methyl sites for hydroxylation is 1. The lowest BCUT2D eigenvalue weighted by Crippen LogP contribution is -2.33. The molecule has 0 aliphatic carbocycles. The van der Waals surface area contributed by atoms with Crippen LogP contribution in [0.4, 0.5) is 30.7 Å². The monoisotopic (exact) mass is 452 g/mol. The molecule has 0 saturated carbocycles. The van der Waals surface area contributed by atoms with E-state index >= 15 is 0 Å². The van der Waals surface area contributed by atoms with Gasteiger partial charge in [0.05, 0.1) is 10.0 Å². The predicted octanol–water partition coefficient (Wildman–Crippen LogP) is 5.05. The number of alkyl halides is 7. The Bertz CT molecular complexity index is 945. The summed E-state index contributed by atoms with van der Waals surface area (Å²) < 4.78 is 94.0. The van der Waals surface area contributed by atoms with Gasteiger partial charge in [0.15, 0.2) is 6.61 Å². The molecule has 0 bridgehead atoms. The van der Waals surface area contributed by atoms with Crippen molar-refractivity contribution < 1.29 is 35.5 Å². The lowest BCUT2D eigenvalue weighted by Gasteiger charge is -2.17. The van der Waals surface area contributed by atoms with Crippen LogP contribution in [-0.4, -0.2) is 28.7 Å². The van der Waals surface area contributed by atoms with Crippen LogP contribution < -0.4 is 10.2 Å². The third-order valence-electron chi connectivity index (χ3n) is 3.41. The van der Waals surface area contributed by atoms with Crippen LogP contribution in [0, 0.1) is 0 Å². The summed E-state index contributed by atoms with van der Waals surface area (Å²) in [5, 5.41) is 2.92. The van der Waals surface area contributed by atoms with Crippen molar-refractivity contribution in [2.45, 2.75) is 18.5 Å². The fourth-order valence-electron chi connectivity index (χ4n) is 2.05. The minimum Gasteiger partial charge on any atom is -0.485 e. The number of halogens is 9. The minimum atomic E-state index is -4.85. The zero-order valence-electron chi connectivity index (χ0n) is 13.6. The summed E-state index contributed by atoms with van der Waals surface area (Å²) in [6.07, 6.45) is -8.85. The molecule has 1 heterocycles. The summed E-state index contributed by atoms with van der Waals surface area (Å²) >= 11 is 11.7. The SMILES string of the molecule is Cn1nc(-c2cc(OCC(F)(F)C(F)F)c(Cl)cc2Cl)c(=O)cc1C(F)(F)F. The van der Waals surface area contributed by atoms with Crippen molar-refractivity contribution in [1.82, 2.24) is 9.78 Å². The van der Waals surface area contributed by atoms with Gasteiger partial charge in [-0.2, -0.15) is 27.1 Å². The highest BCUT2D eigenvalue weighted by molar-refractivity contribution is 6.37. The van der Waals surface area contributed by atoms with Gasteiger partial charge in [-0.1, -0.05) is 23.2 Å². The molecule has 154 valence electrons. The summed E-state index contributed by atoms with van der Waals surface area (Å²) in [4.78, 5) is 12.1. The van der Waals surface area contributed by atoms with E-state index in [1.807, 2.05) is 0 Å². The maximum absolute atomic E-state index is 13.0. The Morgan fingerprint density at radius 1 is 1.11 bits per heavy atom. The number of ether oxygens (including phenoxy) is 1. The Kier molecular flexibility index (Phi) is 6.19. The van der Waals surface area contributed by atoms with E-state index in [1.54, 1.807) is 0 Å². The van der Waals surface area contributed by atoms with Crippen molar-refractivity contribution in [2.24, 2.45) is 7.05 Å². The molecular weight excluding hydrogens is 444 g/mol. The van der Waals surface area contributed by atoms with Gasteiger partial charge in [0, 0.05) is 18.7 Å². The first-order valence-electron chi connectivity index (χ1n) is 7.17. The van der Waals surface area contributed by atoms with Gasteiger partial charge in [-0.05, 0) is 12.1 Å². The summed E-state index contributed by atoms with van der Waals surface area (Å²) in [5.74, 6) is -5.02. The van der Waals surface area contributed by atoms with E-state index in [-0.39, 0.29) is 21.7 Å². The molecule has 0 amide bonds. The molecule has 0 atom stereocenters. The first-order chi connectivity index (χ1) is 12.7. The van der Waals surface area contributed by atoms with E-state index in [9.17, 15) is 35.5 Å². The fraction of sp³-hybridized carbons (Fsp3) is 0.333. The highest BCUT2D eigenvalue weighted by atomic mass is 35.5. The molecule has 2 rings (SSSR count). The molecule has 0 saturated heterocycles. The standard InChI is InChI=1S/C15H9Cl2F7N2O2/c1-26-11(15(22,23)24)4-9(27)12(25-26)6-2-10(8(17)3-7(6)16)28-5-14(20,21)13(18)19/h2-4,13H,5H2,1H3. The molecule has 0 aliphatic rings. The maximum Gasteiger partial charge on any atom is 0.433 e. The second-order valence-electron chi connectivity index (χ2n) is 5.48. The molecule has 4 nitrogen and oxygen atoms in total. The average molecular weight is 453 g/mol. The molecule has 0 fully saturated rings. The van der Waals surface area contributed by atoms with E-state index in [0.29, 0.717) is 4.68 Å².